The molecule has 0 bridgehead atoms. The molecule has 0 radical (unpaired) electrons. The summed E-state index contributed by atoms with van der Waals surface area (Å²) in [5.41, 5.74) is 3.39. The van der Waals surface area contributed by atoms with E-state index >= 15 is 0 Å². The molecule has 4 aromatic rings. The molecule has 8 nitrogen and oxygen atoms in total. The van der Waals surface area contributed by atoms with Crippen molar-refractivity contribution in [2.24, 2.45) is 0 Å². The standard InChI is InChI=1S/C30H28Br2N4O4/c31-25-11-21(29(39)23(13-25)19-37)15-35(17-27-5-1-3-7-33-27)9-10-36(18-28-6-2-4-8-34-28)16-22-12-26(32)14-24(20-38)30(22)40/h1-8,11-14,19-20,39-40H,9-10,15-18H2. The molecule has 0 spiro atoms. The van der Waals surface area contributed by atoms with Gasteiger partial charge in [-0.25, -0.2) is 0 Å². The SMILES string of the molecule is O=Cc1cc(Br)cc(CN(CCN(Cc2ccccn2)Cc2cc(Br)cc(C=O)c2O)Cc2ccccn2)c1O. The van der Waals surface area contributed by atoms with E-state index in [1.54, 1.807) is 36.7 Å². The monoisotopic (exact) mass is 666 g/mol. The van der Waals surface area contributed by atoms with Gasteiger partial charge in [-0.15, -0.1) is 0 Å². The first-order chi connectivity index (χ1) is 19.4. The van der Waals surface area contributed by atoms with Crippen molar-refractivity contribution < 1.29 is 19.8 Å². The van der Waals surface area contributed by atoms with Gasteiger partial charge in [-0.1, -0.05) is 44.0 Å². The van der Waals surface area contributed by atoms with Gasteiger partial charge in [0.25, 0.3) is 0 Å². The Morgan fingerprint density at radius 2 is 1.07 bits per heavy atom. The zero-order chi connectivity index (χ0) is 28.5. The molecule has 0 aliphatic carbocycles. The van der Waals surface area contributed by atoms with Crippen LogP contribution < -0.4 is 0 Å². The summed E-state index contributed by atoms with van der Waals surface area (Å²) in [6.07, 6.45) is 4.75. The van der Waals surface area contributed by atoms with E-state index < -0.39 is 0 Å². The first kappa shape index (κ1) is 29.5. The number of pyridine rings is 2. The molecule has 10 heteroatoms. The highest BCUT2D eigenvalue weighted by atomic mass is 79.9. The van der Waals surface area contributed by atoms with Crippen LogP contribution in [0.15, 0.2) is 82.0 Å². The predicted molar refractivity (Wildman–Crippen MR) is 159 cm³/mol. The van der Waals surface area contributed by atoms with Gasteiger partial charge in [-0.3, -0.25) is 29.4 Å². The minimum absolute atomic E-state index is 0.0463. The Kier molecular flexibility index (Phi) is 10.5. The van der Waals surface area contributed by atoms with Crippen LogP contribution in [0.25, 0.3) is 0 Å². The number of nitrogens with zero attached hydrogens (tertiary/aromatic N) is 4. The van der Waals surface area contributed by atoms with Crippen LogP contribution >= 0.6 is 31.9 Å². The Balaban J connectivity index is 1.61. The zero-order valence-corrected chi connectivity index (χ0v) is 24.8. The number of hydrogen-bond donors (Lipinski definition) is 2. The topological polar surface area (TPSA) is 107 Å². The quantitative estimate of drug-likeness (QED) is 0.174. The molecule has 0 saturated heterocycles. The molecule has 2 aromatic heterocycles. The second kappa shape index (κ2) is 14.3. The van der Waals surface area contributed by atoms with Gasteiger partial charge < -0.3 is 10.2 Å². The number of phenolic OH excluding ortho intramolecular Hbond substituents is 2. The molecule has 0 unspecified atom stereocenters. The van der Waals surface area contributed by atoms with E-state index in [-0.39, 0.29) is 22.6 Å². The number of aromatic hydroxyl groups is 2. The van der Waals surface area contributed by atoms with Crippen LogP contribution in [0.5, 0.6) is 11.5 Å². The van der Waals surface area contributed by atoms with Gasteiger partial charge in [0, 0.05) is 71.7 Å². The lowest BCUT2D eigenvalue weighted by Gasteiger charge is -2.28. The van der Waals surface area contributed by atoms with E-state index in [0.717, 1.165) is 11.4 Å². The predicted octanol–water partition coefficient (Wildman–Crippen LogP) is 5.74. The smallest absolute Gasteiger partial charge is 0.153 e. The molecule has 40 heavy (non-hydrogen) atoms. The number of phenols is 2. The summed E-state index contributed by atoms with van der Waals surface area (Å²) in [5, 5.41) is 21.5. The molecule has 4 rings (SSSR count). The Morgan fingerprint density at radius 3 is 1.43 bits per heavy atom. The van der Waals surface area contributed by atoms with Crippen molar-refractivity contribution in [2.45, 2.75) is 26.2 Å². The zero-order valence-electron chi connectivity index (χ0n) is 21.6. The summed E-state index contributed by atoms with van der Waals surface area (Å²) in [7, 11) is 0. The molecule has 0 amide bonds. The molecule has 0 atom stereocenters. The highest BCUT2D eigenvalue weighted by molar-refractivity contribution is 9.10. The molecule has 2 N–H and O–H groups in total. The minimum atomic E-state index is -0.0463. The fourth-order valence-corrected chi connectivity index (χ4v) is 5.46. The molecule has 0 aliphatic rings. The molecule has 0 fully saturated rings. The lowest BCUT2D eigenvalue weighted by Crippen LogP contribution is -2.34. The van der Waals surface area contributed by atoms with E-state index in [2.05, 4.69) is 51.6 Å². The minimum Gasteiger partial charge on any atom is -0.507 e. The van der Waals surface area contributed by atoms with Crippen molar-refractivity contribution in [2.75, 3.05) is 13.1 Å². The number of carbonyl (C=O) groups excluding carboxylic acids is 2. The molecular weight excluding hydrogens is 640 g/mol. The summed E-state index contributed by atoms with van der Waals surface area (Å²) in [5.74, 6) is -0.0926. The summed E-state index contributed by atoms with van der Waals surface area (Å²) in [6, 6.07) is 18.2. The fourth-order valence-electron chi connectivity index (χ4n) is 4.41. The van der Waals surface area contributed by atoms with E-state index in [1.165, 1.54) is 0 Å². The number of rotatable bonds is 13. The Labute approximate surface area is 249 Å². The molecule has 206 valence electrons. The van der Waals surface area contributed by atoms with Crippen LogP contribution in [-0.2, 0) is 26.2 Å². The van der Waals surface area contributed by atoms with Gasteiger partial charge >= 0.3 is 0 Å². The largest absolute Gasteiger partial charge is 0.507 e. The van der Waals surface area contributed by atoms with Crippen LogP contribution in [0, 0.1) is 0 Å². The highest BCUT2D eigenvalue weighted by Crippen LogP contribution is 2.29. The van der Waals surface area contributed by atoms with Crippen LogP contribution in [0.1, 0.15) is 43.2 Å². The van der Waals surface area contributed by atoms with Crippen LogP contribution in [0.3, 0.4) is 0 Å². The maximum absolute atomic E-state index is 11.5. The van der Waals surface area contributed by atoms with Crippen molar-refractivity contribution in [1.82, 2.24) is 19.8 Å². The molecule has 2 aromatic carbocycles. The van der Waals surface area contributed by atoms with Gasteiger partial charge in [0.15, 0.2) is 12.6 Å². The summed E-state index contributed by atoms with van der Waals surface area (Å²) >= 11 is 6.87. The van der Waals surface area contributed by atoms with Gasteiger partial charge in [-0.05, 0) is 48.5 Å². The third kappa shape index (κ3) is 8.04. The Bertz CT molecular complexity index is 1340. The first-order valence-electron chi connectivity index (χ1n) is 12.5. The van der Waals surface area contributed by atoms with Crippen LogP contribution in [0.4, 0.5) is 0 Å². The van der Waals surface area contributed by atoms with Crippen LogP contribution in [0.2, 0.25) is 0 Å². The summed E-state index contributed by atoms with van der Waals surface area (Å²) in [4.78, 5) is 36.2. The van der Waals surface area contributed by atoms with Crippen molar-refractivity contribution in [1.29, 1.82) is 0 Å². The third-order valence-electron chi connectivity index (χ3n) is 6.36. The van der Waals surface area contributed by atoms with E-state index in [9.17, 15) is 19.8 Å². The van der Waals surface area contributed by atoms with Crippen molar-refractivity contribution in [3.8, 4) is 11.5 Å². The van der Waals surface area contributed by atoms with Crippen LogP contribution in [-0.4, -0.2) is 55.6 Å². The fraction of sp³-hybridized carbons (Fsp3) is 0.200. The maximum atomic E-state index is 11.5. The number of carbonyl (C=O) groups is 2. The molecule has 0 saturated carbocycles. The number of aldehydes is 2. The van der Waals surface area contributed by atoms with Gasteiger partial charge in [0.2, 0.25) is 0 Å². The van der Waals surface area contributed by atoms with E-state index in [1.807, 2.05) is 36.4 Å². The Morgan fingerprint density at radius 1 is 0.650 bits per heavy atom. The van der Waals surface area contributed by atoms with Crippen molar-refractivity contribution in [3.05, 3.63) is 116 Å². The summed E-state index contributed by atoms with van der Waals surface area (Å²) < 4.78 is 1.40. The number of benzene rings is 2. The second-order valence-corrected chi connectivity index (χ2v) is 11.1. The average molecular weight is 668 g/mol. The second-order valence-electron chi connectivity index (χ2n) is 9.30. The van der Waals surface area contributed by atoms with Crippen molar-refractivity contribution in [3.63, 3.8) is 0 Å². The average Bonchev–Trinajstić information content (AvgIpc) is 2.96. The number of aromatic nitrogens is 2. The maximum Gasteiger partial charge on any atom is 0.153 e. The summed E-state index contributed by atoms with van der Waals surface area (Å²) in [6.45, 7) is 2.91. The van der Waals surface area contributed by atoms with Gasteiger partial charge in [0.05, 0.1) is 22.5 Å². The third-order valence-corrected chi connectivity index (χ3v) is 7.28. The lowest BCUT2D eigenvalue weighted by molar-refractivity contribution is 0.111. The van der Waals surface area contributed by atoms with E-state index in [4.69, 9.17) is 0 Å². The first-order valence-corrected chi connectivity index (χ1v) is 14.1. The molecular formula is C30H28Br2N4O4. The highest BCUT2D eigenvalue weighted by Gasteiger charge is 2.18. The molecule has 2 heterocycles. The van der Waals surface area contributed by atoms with E-state index in [0.29, 0.717) is 71.9 Å². The van der Waals surface area contributed by atoms with Crippen molar-refractivity contribution >= 4 is 44.4 Å². The Hall–Kier alpha value is -3.44. The normalized spacial score (nSPS) is 11.2. The van der Waals surface area contributed by atoms with Gasteiger partial charge in [0.1, 0.15) is 11.5 Å². The number of hydrogen-bond acceptors (Lipinski definition) is 8. The lowest BCUT2D eigenvalue weighted by atomic mass is 10.1. The molecule has 0 aliphatic heterocycles. The van der Waals surface area contributed by atoms with Gasteiger partial charge in [-0.2, -0.15) is 0 Å². The number of halogens is 2.